The van der Waals surface area contributed by atoms with Crippen LogP contribution in [0.3, 0.4) is 0 Å². The molecule has 1 fully saturated rings. The number of piperidine rings is 1. The third-order valence-electron chi connectivity index (χ3n) is 3.72. The lowest BCUT2D eigenvalue weighted by Gasteiger charge is -2.34. The molecule has 0 saturated carbocycles. The van der Waals surface area contributed by atoms with E-state index < -0.39 is 0 Å². The molecule has 1 aromatic rings. The molecule has 0 amide bonds. The first kappa shape index (κ1) is 12.7. The Hall–Kier alpha value is -1.71. The maximum atomic E-state index is 8.89. The highest BCUT2D eigenvalue weighted by atomic mass is 16.4. The molecule has 0 radical (unpaired) electrons. The Kier molecular flexibility index (Phi) is 3.75. The van der Waals surface area contributed by atoms with Crippen LogP contribution >= 0.6 is 0 Å². The number of hydrogen-bond donors (Lipinski definition) is 2. The first-order chi connectivity index (χ1) is 8.63. The zero-order valence-electron chi connectivity index (χ0n) is 11.1. The van der Waals surface area contributed by atoms with Gasteiger partial charge in [-0.3, -0.25) is 0 Å². The zero-order chi connectivity index (χ0) is 13.1. The molecule has 4 heteroatoms. The Morgan fingerprint density at radius 2 is 2.06 bits per heavy atom. The average Bonchev–Trinajstić information content (AvgIpc) is 2.39. The van der Waals surface area contributed by atoms with E-state index in [9.17, 15) is 0 Å². The fraction of sp³-hybridized carbons (Fsp3) is 0.500. The van der Waals surface area contributed by atoms with Gasteiger partial charge in [0.25, 0.3) is 0 Å². The van der Waals surface area contributed by atoms with Crippen LogP contribution in [0.4, 0.5) is 5.69 Å². The van der Waals surface area contributed by atoms with Crippen molar-refractivity contribution in [3.8, 4) is 0 Å². The van der Waals surface area contributed by atoms with Crippen LogP contribution in [0.5, 0.6) is 0 Å². The SMILES string of the molecule is Cc1cccc(/C(N)=N/O)c1N1CCC(C)CC1. The normalized spacial score (nSPS) is 18.1. The molecule has 1 aliphatic rings. The van der Waals surface area contributed by atoms with Crippen LogP contribution in [-0.4, -0.2) is 24.1 Å². The molecule has 3 N–H and O–H groups in total. The molecule has 1 aromatic carbocycles. The molecule has 0 spiro atoms. The van der Waals surface area contributed by atoms with Gasteiger partial charge in [0.1, 0.15) is 0 Å². The van der Waals surface area contributed by atoms with Crippen molar-refractivity contribution in [1.82, 2.24) is 0 Å². The van der Waals surface area contributed by atoms with Gasteiger partial charge < -0.3 is 15.8 Å². The summed E-state index contributed by atoms with van der Waals surface area (Å²) in [5.41, 5.74) is 8.88. The van der Waals surface area contributed by atoms with Crippen molar-refractivity contribution >= 4 is 11.5 Å². The number of benzene rings is 1. The molecule has 0 aliphatic carbocycles. The molecule has 1 aliphatic heterocycles. The second-order valence-corrected chi connectivity index (χ2v) is 5.13. The second-order valence-electron chi connectivity index (χ2n) is 5.13. The molecule has 2 rings (SSSR count). The first-order valence-corrected chi connectivity index (χ1v) is 6.46. The van der Waals surface area contributed by atoms with Crippen molar-refractivity contribution in [1.29, 1.82) is 0 Å². The van der Waals surface area contributed by atoms with Crippen LogP contribution in [0.1, 0.15) is 30.9 Å². The Morgan fingerprint density at radius 1 is 1.39 bits per heavy atom. The minimum absolute atomic E-state index is 0.187. The summed E-state index contributed by atoms with van der Waals surface area (Å²) >= 11 is 0. The van der Waals surface area contributed by atoms with Gasteiger partial charge in [-0.2, -0.15) is 0 Å². The van der Waals surface area contributed by atoms with Crippen molar-refractivity contribution < 1.29 is 5.21 Å². The molecule has 18 heavy (non-hydrogen) atoms. The van der Waals surface area contributed by atoms with Crippen molar-refractivity contribution in [3.05, 3.63) is 29.3 Å². The van der Waals surface area contributed by atoms with Gasteiger partial charge in [-0.15, -0.1) is 0 Å². The first-order valence-electron chi connectivity index (χ1n) is 6.46. The van der Waals surface area contributed by atoms with Gasteiger partial charge in [0.05, 0.1) is 5.69 Å². The maximum Gasteiger partial charge on any atom is 0.172 e. The smallest absolute Gasteiger partial charge is 0.172 e. The molecule has 98 valence electrons. The summed E-state index contributed by atoms with van der Waals surface area (Å²) in [4.78, 5) is 2.35. The minimum atomic E-state index is 0.187. The van der Waals surface area contributed by atoms with Crippen LogP contribution < -0.4 is 10.6 Å². The molecular weight excluding hydrogens is 226 g/mol. The predicted octanol–water partition coefficient (Wildman–Crippen LogP) is 2.33. The third-order valence-corrected chi connectivity index (χ3v) is 3.72. The van der Waals surface area contributed by atoms with Gasteiger partial charge in [-0.1, -0.05) is 24.2 Å². The van der Waals surface area contributed by atoms with Gasteiger partial charge in [-0.05, 0) is 37.3 Å². The van der Waals surface area contributed by atoms with Crippen molar-refractivity contribution in [2.24, 2.45) is 16.8 Å². The number of amidine groups is 1. The summed E-state index contributed by atoms with van der Waals surface area (Å²) in [5, 5.41) is 12.0. The lowest BCUT2D eigenvalue weighted by molar-refractivity contribution is 0.318. The molecular formula is C14H21N3O. The van der Waals surface area contributed by atoms with Crippen LogP contribution in [-0.2, 0) is 0 Å². The lowest BCUT2D eigenvalue weighted by Crippen LogP contribution is -2.35. The Labute approximate surface area is 108 Å². The number of para-hydroxylation sites is 1. The summed E-state index contributed by atoms with van der Waals surface area (Å²) in [6, 6.07) is 5.93. The molecule has 0 aromatic heterocycles. The Bertz CT molecular complexity index is 448. The van der Waals surface area contributed by atoms with E-state index in [2.05, 4.69) is 30.0 Å². The van der Waals surface area contributed by atoms with Gasteiger partial charge in [0.15, 0.2) is 5.84 Å². The number of anilines is 1. The number of oxime groups is 1. The highest BCUT2D eigenvalue weighted by Gasteiger charge is 2.20. The van der Waals surface area contributed by atoms with E-state index in [0.717, 1.165) is 30.3 Å². The topological polar surface area (TPSA) is 61.9 Å². The largest absolute Gasteiger partial charge is 0.409 e. The van der Waals surface area contributed by atoms with E-state index in [-0.39, 0.29) is 5.84 Å². The summed E-state index contributed by atoms with van der Waals surface area (Å²) in [6.07, 6.45) is 2.40. The lowest BCUT2D eigenvalue weighted by atomic mass is 9.96. The van der Waals surface area contributed by atoms with E-state index in [1.54, 1.807) is 0 Å². The number of hydrogen-bond acceptors (Lipinski definition) is 3. The molecule has 0 unspecified atom stereocenters. The van der Waals surface area contributed by atoms with Crippen LogP contribution in [0.25, 0.3) is 0 Å². The number of aryl methyl sites for hydroxylation is 1. The fourth-order valence-corrected chi connectivity index (χ4v) is 2.57. The van der Waals surface area contributed by atoms with E-state index in [1.807, 2.05) is 12.1 Å². The van der Waals surface area contributed by atoms with Crippen LogP contribution in [0.15, 0.2) is 23.4 Å². The van der Waals surface area contributed by atoms with Gasteiger partial charge >= 0.3 is 0 Å². The highest BCUT2D eigenvalue weighted by Crippen LogP contribution is 2.29. The minimum Gasteiger partial charge on any atom is -0.409 e. The van der Waals surface area contributed by atoms with Crippen molar-refractivity contribution in [2.75, 3.05) is 18.0 Å². The van der Waals surface area contributed by atoms with Gasteiger partial charge in [0, 0.05) is 18.7 Å². The van der Waals surface area contributed by atoms with E-state index in [1.165, 1.54) is 18.4 Å². The summed E-state index contributed by atoms with van der Waals surface area (Å²) in [6.45, 7) is 6.44. The standard InChI is InChI=1S/C14H21N3O/c1-10-6-8-17(9-7-10)13-11(2)4-3-5-12(13)14(15)16-18/h3-5,10,18H,6-9H2,1-2H3,(H2,15,16). The molecule has 1 heterocycles. The monoisotopic (exact) mass is 247 g/mol. The number of nitrogens with two attached hydrogens (primary N) is 1. The second kappa shape index (κ2) is 5.29. The zero-order valence-corrected chi connectivity index (χ0v) is 11.1. The van der Waals surface area contributed by atoms with Crippen molar-refractivity contribution in [2.45, 2.75) is 26.7 Å². The van der Waals surface area contributed by atoms with Crippen LogP contribution in [0.2, 0.25) is 0 Å². The van der Waals surface area contributed by atoms with E-state index >= 15 is 0 Å². The predicted molar refractivity (Wildman–Crippen MR) is 74.3 cm³/mol. The summed E-state index contributed by atoms with van der Waals surface area (Å²) in [5.74, 6) is 0.977. The van der Waals surface area contributed by atoms with Crippen LogP contribution in [0, 0.1) is 12.8 Å². The number of rotatable bonds is 2. The van der Waals surface area contributed by atoms with Crippen molar-refractivity contribution in [3.63, 3.8) is 0 Å². The molecule has 0 atom stereocenters. The summed E-state index contributed by atoms with van der Waals surface area (Å²) < 4.78 is 0. The van der Waals surface area contributed by atoms with Gasteiger partial charge in [-0.25, -0.2) is 0 Å². The van der Waals surface area contributed by atoms with Gasteiger partial charge in [0.2, 0.25) is 0 Å². The maximum absolute atomic E-state index is 8.89. The third kappa shape index (κ3) is 2.42. The Balaban J connectivity index is 2.37. The highest BCUT2D eigenvalue weighted by molar-refractivity contribution is 6.02. The quantitative estimate of drug-likeness (QED) is 0.365. The molecule has 4 nitrogen and oxygen atoms in total. The van der Waals surface area contributed by atoms with E-state index in [0.29, 0.717) is 0 Å². The molecule has 1 saturated heterocycles. The summed E-state index contributed by atoms with van der Waals surface area (Å²) in [7, 11) is 0. The molecule has 0 bridgehead atoms. The average molecular weight is 247 g/mol. The fourth-order valence-electron chi connectivity index (χ4n) is 2.57. The Morgan fingerprint density at radius 3 is 2.67 bits per heavy atom. The number of nitrogens with zero attached hydrogens (tertiary/aromatic N) is 2. The van der Waals surface area contributed by atoms with E-state index in [4.69, 9.17) is 10.9 Å².